The van der Waals surface area contributed by atoms with Gasteiger partial charge in [0.1, 0.15) is 0 Å². The molecule has 0 saturated heterocycles. The fourth-order valence-electron chi connectivity index (χ4n) is 5.93. The van der Waals surface area contributed by atoms with Crippen LogP contribution < -0.4 is 0 Å². The van der Waals surface area contributed by atoms with Gasteiger partial charge >= 0.3 is 7.60 Å². The average molecular weight is 553 g/mol. The number of hydrogen-bond acceptors (Lipinski definition) is 3. The molecule has 0 bridgehead atoms. The van der Waals surface area contributed by atoms with Crippen molar-refractivity contribution in [2.24, 2.45) is 22.7 Å². The quantitative estimate of drug-likeness (QED) is 0.132. The zero-order chi connectivity index (χ0) is 28.8. The number of rotatable bonds is 19. The summed E-state index contributed by atoms with van der Waals surface area (Å²) < 4.78 is 19.8. The highest BCUT2D eigenvalue weighted by atomic mass is 31.2. The Bertz CT molecular complexity index is 780. The Hall–Kier alpha value is -0.670. The molecular weight excluding hydrogens is 491 g/mol. The van der Waals surface area contributed by atoms with Crippen molar-refractivity contribution < 1.29 is 19.1 Å². The third-order valence-electron chi connectivity index (χ3n) is 8.26. The third-order valence-corrected chi connectivity index (χ3v) is 9.72. The van der Waals surface area contributed by atoms with Crippen LogP contribution in [0.3, 0.4) is 0 Å². The second-order valence-electron chi connectivity index (χ2n) is 13.6. The number of aliphatic hydroxyl groups is 1. The van der Waals surface area contributed by atoms with Gasteiger partial charge in [-0.25, -0.2) is 0 Å². The highest BCUT2D eigenvalue weighted by Crippen LogP contribution is 2.59. The fraction of sp³-hybridized carbons (Fsp3) is 0.818. The van der Waals surface area contributed by atoms with Gasteiger partial charge in [-0.3, -0.25) is 4.57 Å². The van der Waals surface area contributed by atoms with Crippen molar-refractivity contribution in [3.8, 4) is 0 Å². The van der Waals surface area contributed by atoms with Gasteiger partial charge in [0, 0.05) is 0 Å². The minimum Gasteiger partial charge on any atom is -0.376 e. The molecule has 5 unspecified atom stereocenters. The van der Waals surface area contributed by atoms with Crippen LogP contribution in [0, 0.1) is 22.7 Å². The molecule has 222 valence electrons. The van der Waals surface area contributed by atoms with Crippen LogP contribution in [-0.2, 0) is 9.09 Å². The van der Waals surface area contributed by atoms with Crippen LogP contribution >= 0.6 is 7.60 Å². The maximum Gasteiger partial charge on any atom is 0.361 e. The minimum atomic E-state index is -4.33. The van der Waals surface area contributed by atoms with Crippen LogP contribution in [0.2, 0.25) is 0 Å². The van der Waals surface area contributed by atoms with E-state index in [1.807, 2.05) is 6.07 Å². The Morgan fingerprint density at radius 1 is 0.737 bits per heavy atom. The van der Waals surface area contributed by atoms with Crippen LogP contribution in [-0.4, -0.2) is 16.1 Å². The fourth-order valence-corrected chi connectivity index (χ4v) is 7.24. The van der Waals surface area contributed by atoms with E-state index >= 15 is 0 Å². The van der Waals surface area contributed by atoms with Gasteiger partial charge in [0.15, 0.2) is 5.85 Å². The summed E-state index contributed by atoms with van der Waals surface area (Å²) >= 11 is 0. The summed E-state index contributed by atoms with van der Waals surface area (Å²) in [6, 6.07) is 8.73. The predicted molar refractivity (Wildman–Crippen MR) is 163 cm³/mol. The Kier molecular flexibility index (Phi) is 16.0. The van der Waals surface area contributed by atoms with Crippen LogP contribution in [0.4, 0.5) is 0 Å². The van der Waals surface area contributed by atoms with Crippen molar-refractivity contribution in [2.75, 3.05) is 0 Å². The Labute approximate surface area is 235 Å². The van der Waals surface area contributed by atoms with Gasteiger partial charge < -0.3 is 14.5 Å². The average Bonchev–Trinajstić information content (AvgIpc) is 2.83. The van der Waals surface area contributed by atoms with Gasteiger partial charge in [-0.2, -0.15) is 0 Å². The van der Waals surface area contributed by atoms with E-state index in [1.165, 1.54) is 64.2 Å². The van der Waals surface area contributed by atoms with E-state index in [-0.39, 0.29) is 22.7 Å². The maximum absolute atomic E-state index is 13.5. The standard InChI is InChI=1S/C33H61O4P/c1-9-11-12-13-14-15-16-17-18-19-23-26-29(33(6,7)8)30(28(10-2)32(3,4)5)37-38(35,36)31(34)27-24-21-20-22-25-27/h20-22,24-25,28-31,34H,9-19,23,26H2,1-8H3,(H,35,36). The largest absolute Gasteiger partial charge is 0.376 e. The lowest BCUT2D eigenvalue weighted by molar-refractivity contribution is -0.0360. The second-order valence-corrected chi connectivity index (χ2v) is 15.4. The van der Waals surface area contributed by atoms with Crippen molar-refractivity contribution >= 4 is 7.60 Å². The van der Waals surface area contributed by atoms with Crippen molar-refractivity contribution in [3.63, 3.8) is 0 Å². The molecule has 0 spiro atoms. The lowest BCUT2D eigenvalue weighted by Gasteiger charge is -2.46. The van der Waals surface area contributed by atoms with Crippen molar-refractivity contribution in [1.82, 2.24) is 0 Å². The first-order chi connectivity index (χ1) is 17.8. The molecule has 5 atom stereocenters. The van der Waals surface area contributed by atoms with Crippen LogP contribution in [0.1, 0.15) is 150 Å². The van der Waals surface area contributed by atoms with E-state index in [4.69, 9.17) is 4.52 Å². The van der Waals surface area contributed by atoms with Gasteiger partial charge in [-0.05, 0) is 34.7 Å². The lowest BCUT2D eigenvalue weighted by Crippen LogP contribution is -2.43. The topological polar surface area (TPSA) is 66.8 Å². The highest BCUT2D eigenvalue weighted by Gasteiger charge is 2.46. The number of hydrogen-bond donors (Lipinski definition) is 2. The lowest BCUT2D eigenvalue weighted by atomic mass is 9.65. The first kappa shape index (κ1) is 35.4. The monoisotopic (exact) mass is 552 g/mol. The minimum absolute atomic E-state index is 0.0860. The molecule has 1 aromatic rings. The first-order valence-electron chi connectivity index (χ1n) is 15.5. The molecule has 38 heavy (non-hydrogen) atoms. The van der Waals surface area contributed by atoms with Crippen LogP contribution in [0.5, 0.6) is 0 Å². The molecule has 1 rings (SSSR count). The van der Waals surface area contributed by atoms with E-state index in [9.17, 15) is 14.6 Å². The van der Waals surface area contributed by atoms with Crippen LogP contribution in [0.15, 0.2) is 30.3 Å². The zero-order valence-corrected chi connectivity index (χ0v) is 26.9. The summed E-state index contributed by atoms with van der Waals surface area (Å²) in [5.74, 6) is -1.36. The molecule has 0 amide bonds. The molecule has 0 aliphatic heterocycles. The van der Waals surface area contributed by atoms with Gasteiger partial charge in [0.2, 0.25) is 0 Å². The molecule has 2 N–H and O–H groups in total. The molecule has 0 radical (unpaired) electrons. The molecule has 0 fully saturated rings. The molecule has 0 aromatic heterocycles. The Morgan fingerprint density at radius 2 is 1.18 bits per heavy atom. The van der Waals surface area contributed by atoms with E-state index in [1.54, 1.807) is 24.3 Å². The number of benzene rings is 1. The van der Waals surface area contributed by atoms with Crippen LogP contribution in [0.25, 0.3) is 0 Å². The normalized spacial score (nSPS) is 17.5. The maximum atomic E-state index is 13.5. The van der Waals surface area contributed by atoms with Gasteiger partial charge in [0.25, 0.3) is 0 Å². The summed E-state index contributed by atoms with van der Waals surface area (Å²) in [7, 11) is -4.33. The Morgan fingerprint density at radius 3 is 1.61 bits per heavy atom. The molecular formula is C33H61O4P. The van der Waals surface area contributed by atoms with Gasteiger partial charge in [0.05, 0.1) is 6.10 Å². The van der Waals surface area contributed by atoms with E-state index in [0.717, 1.165) is 19.3 Å². The summed E-state index contributed by atoms with van der Waals surface area (Å²) in [5.41, 5.74) is 0.218. The second kappa shape index (κ2) is 17.2. The zero-order valence-electron chi connectivity index (χ0n) is 26.0. The van der Waals surface area contributed by atoms with E-state index < -0.39 is 19.5 Å². The number of aliphatic hydroxyl groups excluding tert-OH is 1. The van der Waals surface area contributed by atoms with Crippen molar-refractivity contribution in [3.05, 3.63) is 35.9 Å². The highest BCUT2D eigenvalue weighted by molar-refractivity contribution is 7.53. The summed E-state index contributed by atoms with van der Waals surface area (Å²) in [5, 5.41) is 10.9. The van der Waals surface area contributed by atoms with Crippen molar-refractivity contribution in [2.45, 2.75) is 151 Å². The molecule has 0 aliphatic carbocycles. The molecule has 0 heterocycles. The number of unbranched alkanes of at least 4 members (excludes halogenated alkanes) is 10. The molecule has 0 saturated carbocycles. The van der Waals surface area contributed by atoms with Crippen molar-refractivity contribution in [1.29, 1.82) is 0 Å². The van der Waals surface area contributed by atoms with E-state index in [0.29, 0.717) is 5.56 Å². The SMILES string of the molecule is CCCCCCCCCCCCCC(C(OP(=O)(O)C(O)c1ccccc1)C(CC)C(C)(C)C)C(C)(C)C. The van der Waals surface area contributed by atoms with Gasteiger partial charge in [-0.1, -0.05) is 163 Å². The molecule has 0 aliphatic rings. The third kappa shape index (κ3) is 12.7. The first-order valence-corrected chi connectivity index (χ1v) is 17.1. The molecule has 4 nitrogen and oxygen atoms in total. The van der Waals surface area contributed by atoms with E-state index in [2.05, 4.69) is 55.4 Å². The Balaban J connectivity index is 2.91. The molecule has 5 heteroatoms. The smallest absolute Gasteiger partial charge is 0.361 e. The summed E-state index contributed by atoms with van der Waals surface area (Å²) in [4.78, 5) is 11.1. The summed E-state index contributed by atoms with van der Waals surface area (Å²) in [6.07, 6.45) is 15.7. The van der Waals surface area contributed by atoms with Gasteiger partial charge in [-0.15, -0.1) is 0 Å². The summed E-state index contributed by atoms with van der Waals surface area (Å²) in [6.45, 7) is 17.6. The predicted octanol–water partition coefficient (Wildman–Crippen LogP) is 10.7. The molecule has 1 aromatic carbocycles.